The van der Waals surface area contributed by atoms with Gasteiger partial charge in [0.1, 0.15) is 6.54 Å². The summed E-state index contributed by atoms with van der Waals surface area (Å²) in [5.74, 6) is -0.423. The maximum Gasteiger partial charge on any atom is 0.263 e. The van der Waals surface area contributed by atoms with Gasteiger partial charge in [-0.25, -0.2) is 15.3 Å². The topological polar surface area (TPSA) is 82.5 Å². The molecule has 1 saturated heterocycles. The van der Waals surface area contributed by atoms with Crippen LogP contribution in [0.4, 0.5) is 0 Å². The van der Waals surface area contributed by atoms with Gasteiger partial charge in [-0.05, 0) is 25.0 Å². The molecule has 7 nitrogen and oxygen atoms in total. The van der Waals surface area contributed by atoms with E-state index >= 15 is 0 Å². The van der Waals surface area contributed by atoms with Gasteiger partial charge < -0.3 is 4.74 Å². The lowest BCUT2D eigenvalue weighted by Crippen LogP contribution is -2.36. The highest BCUT2D eigenvalue weighted by atomic mass is 16.8. The number of carbonyl (C=O) groups is 1. The van der Waals surface area contributed by atoms with Crippen LogP contribution in [-0.4, -0.2) is 28.4 Å². The third-order valence-corrected chi connectivity index (χ3v) is 3.49. The second-order valence-electron chi connectivity index (χ2n) is 5.13. The van der Waals surface area contributed by atoms with Crippen LogP contribution in [0.2, 0.25) is 0 Å². The fourth-order valence-corrected chi connectivity index (χ4v) is 2.34. The van der Waals surface area contributed by atoms with Crippen molar-refractivity contribution in [3.63, 3.8) is 0 Å². The molecule has 1 atom stereocenters. The van der Waals surface area contributed by atoms with E-state index in [0.717, 1.165) is 19.3 Å². The molecule has 0 radical (unpaired) electrons. The number of nitrogens with one attached hydrogen (secondary N) is 1. The number of nitrogens with zero attached hydrogens (tertiary/aromatic N) is 2. The van der Waals surface area contributed by atoms with Crippen LogP contribution in [-0.2, 0) is 20.9 Å². The monoisotopic (exact) mass is 303 g/mol. The second-order valence-corrected chi connectivity index (χ2v) is 5.13. The van der Waals surface area contributed by atoms with E-state index in [9.17, 15) is 9.59 Å². The van der Waals surface area contributed by atoms with E-state index in [4.69, 9.17) is 9.57 Å². The molecular formula is C15H17N3O4. The van der Waals surface area contributed by atoms with E-state index in [1.807, 2.05) is 6.07 Å². The van der Waals surface area contributed by atoms with Crippen molar-refractivity contribution >= 4 is 16.8 Å². The number of para-hydroxylation sites is 1. The Morgan fingerprint density at radius 3 is 3.09 bits per heavy atom. The summed E-state index contributed by atoms with van der Waals surface area (Å²) in [5.41, 5.74) is 2.68. The Kier molecular flexibility index (Phi) is 4.45. The lowest BCUT2D eigenvalue weighted by atomic mass is 10.2. The summed E-state index contributed by atoms with van der Waals surface area (Å²) < 4.78 is 6.59. The molecule has 1 N–H and O–H groups in total. The largest absolute Gasteiger partial charge is 0.350 e. The van der Waals surface area contributed by atoms with Gasteiger partial charge in [0.25, 0.3) is 11.5 Å². The van der Waals surface area contributed by atoms with Gasteiger partial charge in [-0.2, -0.15) is 0 Å². The Bertz CT molecular complexity index is 722. The van der Waals surface area contributed by atoms with Crippen LogP contribution in [0.1, 0.15) is 19.3 Å². The van der Waals surface area contributed by atoms with Crippen LogP contribution in [0.3, 0.4) is 0 Å². The highest BCUT2D eigenvalue weighted by Gasteiger charge is 2.16. The number of hydrogen-bond acceptors (Lipinski definition) is 5. The van der Waals surface area contributed by atoms with Crippen LogP contribution in [0, 0.1) is 0 Å². The number of amides is 1. The van der Waals surface area contributed by atoms with Gasteiger partial charge in [0.05, 0.1) is 17.2 Å². The Balaban J connectivity index is 1.63. The first-order chi connectivity index (χ1) is 10.7. The predicted molar refractivity (Wildman–Crippen MR) is 78.8 cm³/mol. The van der Waals surface area contributed by atoms with Gasteiger partial charge in [0, 0.05) is 13.0 Å². The van der Waals surface area contributed by atoms with Gasteiger partial charge >= 0.3 is 0 Å². The average molecular weight is 303 g/mol. The molecule has 0 unspecified atom stereocenters. The van der Waals surface area contributed by atoms with Crippen molar-refractivity contribution in [1.29, 1.82) is 0 Å². The van der Waals surface area contributed by atoms with E-state index < -0.39 is 12.2 Å². The van der Waals surface area contributed by atoms with Crippen LogP contribution in [0.25, 0.3) is 10.9 Å². The first-order valence-electron chi connectivity index (χ1n) is 7.24. The molecule has 22 heavy (non-hydrogen) atoms. The molecule has 0 bridgehead atoms. The number of aromatic nitrogens is 2. The van der Waals surface area contributed by atoms with E-state index in [-0.39, 0.29) is 12.1 Å². The van der Waals surface area contributed by atoms with E-state index in [1.165, 1.54) is 10.9 Å². The van der Waals surface area contributed by atoms with Gasteiger partial charge in [0.15, 0.2) is 6.29 Å². The lowest BCUT2D eigenvalue weighted by molar-refractivity contribution is -0.200. The Labute approximate surface area is 126 Å². The second kappa shape index (κ2) is 6.67. The van der Waals surface area contributed by atoms with Crippen molar-refractivity contribution in [1.82, 2.24) is 15.0 Å². The Morgan fingerprint density at radius 1 is 1.41 bits per heavy atom. The zero-order valence-corrected chi connectivity index (χ0v) is 12.0. The zero-order chi connectivity index (χ0) is 15.4. The normalized spacial score (nSPS) is 18.3. The zero-order valence-electron chi connectivity index (χ0n) is 12.0. The maximum absolute atomic E-state index is 12.2. The Hall–Kier alpha value is -2.25. The molecule has 3 rings (SSSR count). The van der Waals surface area contributed by atoms with Crippen molar-refractivity contribution in [2.24, 2.45) is 0 Å². The van der Waals surface area contributed by atoms with Crippen LogP contribution in [0.15, 0.2) is 35.4 Å². The number of hydrogen-bond donors (Lipinski definition) is 1. The first kappa shape index (κ1) is 14.7. The van der Waals surface area contributed by atoms with Crippen molar-refractivity contribution in [3.05, 3.63) is 40.9 Å². The predicted octanol–water partition coefficient (Wildman–Crippen LogP) is 0.971. The van der Waals surface area contributed by atoms with Gasteiger partial charge in [-0.1, -0.05) is 12.1 Å². The molecule has 0 saturated carbocycles. The number of fused-ring (bicyclic) bond motifs is 1. The molecule has 1 aromatic heterocycles. The number of ether oxygens (including phenoxy) is 1. The van der Waals surface area contributed by atoms with Gasteiger partial charge in [0.2, 0.25) is 0 Å². The van der Waals surface area contributed by atoms with Crippen molar-refractivity contribution in [2.75, 3.05) is 6.61 Å². The van der Waals surface area contributed by atoms with E-state index in [1.54, 1.807) is 18.2 Å². The summed E-state index contributed by atoms with van der Waals surface area (Å²) in [6.07, 6.45) is 3.71. The highest BCUT2D eigenvalue weighted by Crippen LogP contribution is 2.12. The molecule has 116 valence electrons. The standard InChI is InChI=1S/C15H17N3O4/c19-13(17-22-14-7-3-4-8-21-14)9-18-10-16-12-6-2-1-5-11(12)15(18)20/h1-2,5-6,10,14H,3-4,7-9H2,(H,17,19)/t14-/m0/s1. The van der Waals surface area contributed by atoms with Crippen LogP contribution in [0.5, 0.6) is 0 Å². The lowest BCUT2D eigenvalue weighted by Gasteiger charge is -2.22. The summed E-state index contributed by atoms with van der Waals surface area (Å²) in [5, 5.41) is 0.481. The molecule has 1 aliphatic heterocycles. The molecule has 1 aromatic carbocycles. The summed E-state index contributed by atoms with van der Waals surface area (Å²) >= 11 is 0. The van der Waals surface area contributed by atoms with E-state index in [0.29, 0.717) is 17.5 Å². The maximum atomic E-state index is 12.2. The molecule has 0 spiro atoms. The molecule has 0 aliphatic carbocycles. The summed E-state index contributed by atoms with van der Waals surface area (Å²) in [6.45, 7) is 0.484. The molecule has 7 heteroatoms. The SMILES string of the molecule is O=C(Cn1cnc2ccccc2c1=O)NO[C@H]1CCCCO1. The molecule has 2 heterocycles. The smallest absolute Gasteiger partial charge is 0.263 e. The minimum atomic E-state index is -0.423. The summed E-state index contributed by atoms with van der Waals surface area (Å²) in [7, 11) is 0. The Morgan fingerprint density at radius 2 is 2.27 bits per heavy atom. The molecule has 1 aliphatic rings. The van der Waals surface area contributed by atoms with Crippen molar-refractivity contribution in [2.45, 2.75) is 32.1 Å². The van der Waals surface area contributed by atoms with Crippen molar-refractivity contribution < 1.29 is 14.4 Å². The molecule has 1 fully saturated rings. The van der Waals surface area contributed by atoms with Gasteiger partial charge in [-0.15, -0.1) is 0 Å². The number of rotatable bonds is 4. The molecule has 2 aromatic rings. The fourth-order valence-electron chi connectivity index (χ4n) is 2.34. The highest BCUT2D eigenvalue weighted by molar-refractivity contribution is 5.78. The molecular weight excluding hydrogens is 286 g/mol. The average Bonchev–Trinajstić information content (AvgIpc) is 2.57. The third-order valence-electron chi connectivity index (χ3n) is 3.49. The summed E-state index contributed by atoms with van der Waals surface area (Å²) in [6, 6.07) is 7.01. The quantitative estimate of drug-likeness (QED) is 0.851. The van der Waals surface area contributed by atoms with Crippen LogP contribution < -0.4 is 11.0 Å². The van der Waals surface area contributed by atoms with Crippen LogP contribution >= 0.6 is 0 Å². The molecule has 1 amide bonds. The van der Waals surface area contributed by atoms with E-state index in [2.05, 4.69) is 10.5 Å². The van der Waals surface area contributed by atoms with Gasteiger partial charge in [-0.3, -0.25) is 14.2 Å². The number of hydroxylamine groups is 1. The number of carbonyl (C=O) groups excluding carboxylic acids is 1. The minimum absolute atomic E-state index is 0.149. The number of benzene rings is 1. The minimum Gasteiger partial charge on any atom is -0.350 e. The third kappa shape index (κ3) is 3.32. The first-order valence-corrected chi connectivity index (χ1v) is 7.24. The van der Waals surface area contributed by atoms with Crippen molar-refractivity contribution in [3.8, 4) is 0 Å². The summed E-state index contributed by atoms with van der Waals surface area (Å²) in [4.78, 5) is 33.5. The fraction of sp³-hybridized carbons (Fsp3) is 0.400.